The Balaban J connectivity index is 1.53. The molecule has 0 spiro atoms. The van der Waals surface area contributed by atoms with Gasteiger partial charge < -0.3 is 19.3 Å². The maximum atomic E-state index is 12.8. The van der Waals surface area contributed by atoms with Gasteiger partial charge in [0.2, 0.25) is 0 Å². The lowest BCUT2D eigenvalue weighted by Gasteiger charge is -2.46. The first-order chi connectivity index (χ1) is 16.5. The Bertz CT molecular complexity index is 1020. The highest BCUT2D eigenvalue weighted by atomic mass is 16.6. The molecule has 1 aliphatic carbocycles. The van der Waals surface area contributed by atoms with Crippen molar-refractivity contribution in [1.29, 1.82) is 0 Å². The number of aliphatic hydroxyl groups excluding tert-OH is 1. The molecule has 0 aliphatic heterocycles. The third-order valence-corrected chi connectivity index (χ3v) is 6.69. The summed E-state index contributed by atoms with van der Waals surface area (Å²) < 4.78 is 18.4. The number of esters is 1. The van der Waals surface area contributed by atoms with Crippen LogP contribution in [0.2, 0.25) is 0 Å². The van der Waals surface area contributed by atoms with E-state index >= 15 is 0 Å². The van der Waals surface area contributed by atoms with Gasteiger partial charge in [0.25, 0.3) is 0 Å². The first-order valence-electron chi connectivity index (χ1n) is 11.8. The highest BCUT2D eigenvalue weighted by Crippen LogP contribution is 2.37. The molecular formula is C29H32O5. The van der Waals surface area contributed by atoms with Crippen LogP contribution in [0.5, 0.6) is 0 Å². The van der Waals surface area contributed by atoms with Crippen LogP contribution in [-0.4, -0.2) is 35.5 Å². The zero-order chi connectivity index (χ0) is 23.9. The Hall–Kier alpha value is -2.99. The number of carbonyl (C=O) groups is 1. The first kappa shape index (κ1) is 24.1. The molecule has 1 saturated carbocycles. The van der Waals surface area contributed by atoms with E-state index in [4.69, 9.17) is 14.2 Å². The van der Waals surface area contributed by atoms with E-state index in [2.05, 4.69) is 6.92 Å². The van der Waals surface area contributed by atoms with Crippen LogP contribution < -0.4 is 0 Å². The minimum absolute atomic E-state index is 0.0125. The summed E-state index contributed by atoms with van der Waals surface area (Å²) >= 11 is 0. The predicted octanol–water partition coefficient (Wildman–Crippen LogP) is 5.03. The van der Waals surface area contributed by atoms with Crippen LogP contribution in [0.3, 0.4) is 0 Å². The van der Waals surface area contributed by atoms with E-state index in [1.54, 1.807) is 24.3 Å². The molecule has 0 saturated heterocycles. The molecule has 0 aromatic heterocycles. The van der Waals surface area contributed by atoms with E-state index in [0.717, 1.165) is 11.1 Å². The van der Waals surface area contributed by atoms with Gasteiger partial charge in [0.05, 0.1) is 24.9 Å². The fourth-order valence-corrected chi connectivity index (χ4v) is 4.51. The predicted molar refractivity (Wildman–Crippen MR) is 130 cm³/mol. The summed E-state index contributed by atoms with van der Waals surface area (Å²) in [5.74, 6) is -0.587. The quantitative estimate of drug-likeness (QED) is 0.478. The third-order valence-electron chi connectivity index (χ3n) is 6.69. The van der Waals surface area contributed by atoms with Crippen LogP contribution >= 0.6 is 0 Å². The normalized spacial score (nSPS) is 26.7. The monoisotopic (exact) mass is 460 g/mol. The van der Waals surface area contributed by atoms with Gasteiger partial charge in [0.1, 0.15) is 18.3 Å². The molecule has 34 heavy (non-hydrogen) atoms. The smallest absolute Gasteiger partial charge is 0.338 e. The highest BCUT2D eigenvalue weighted by Gasteiger charge is 2.50. The summed E-state index contributed by atoms with van der Waals surface area (Å²) in [6.45, 7) is 4.79. The third kappa shape index (κ3) is 5.73. The van der Waals surface area contributed by atoms with Crippen LogP contribution in [0.4, 0.5) is 0 Å². The minimum Gasteiger partial charge on any atom is -0.456 e. The molecule has 0 radical (unpaired) electrons. The van der Waals surface area contributed by atoms with Crippen LogP contribution in [-0.2, 0) is 27.4 Å². The fraction of sp³-hybridized carbons (Fsp3) is 0.345. The van der Waals surface area contributed by atoms with Gasteiger partial charge in [-0.1, -0.05) is 92.7 Å². The molecule has 1 aliphatic rings. The van der Waals surface area contributed by atoms with E-state index in [1.807, 2.05) is 73.7 Å². The summed E-state index contributed by atoms with van der Waals surface area (Å²) in [5, 5.41) is 11.4. The zero-order valence-corrected chi connectivity index (χ0v) is 19.6. The van der Waals surface area contributed by atoms with Gasteiger partial charge in [-0.05, 0) is 29.2 Å². The minimum atomic E-state index is -1.02. The number of rotatable bonds is 8. The summed E-state index contributed by atoms with van der Waals surface area (Å²) in [6, 6.07) is 28.6. The van der Waals surface area contributed by atoms with Crippen molar-refractivity contribution in [2.45, 2.75) is 51.5 Å². The molecule has 5 nitrogen and oxygen atoms in total. The number of carbonyl (C=O) groups excluding carboxylic acids is 1. The molecule has 1 N–H and O–H groups in total. The van der Waals surface area contributed by atoms with Gasteiger partial charge >= 0.3 is 5.97 Å². The van der Waals surface area contributed by atoms with Crippen molar-refractivity contribution in [2.24, 2.45) is 11.8 Å². The molecule has 0 heterocycles. The van der Waals surface area contributed by atoms with Gasteiger partial charge in [-0.25, -0.2) is 4.79 Å². The molecule has 3 aromatic rings. The zero-order valence-electron chi connectivity index (χ0n) is 19.6. The van der Waals surface area contributed by atoms with Gasteiger partial charge in [-0.2, -0.15) is 0 Å². The Morgan fingerprint density at radius 3 is 1.65 bits per heavy atom. The highest BCUT2D eigenvalue weighted by molar-refractivity contribution is 5.89. The largest absolute Gasteiger partial charge is 0.456 e. The molecule has 4 rings (SSSR count). The number of hydrogen-bond acceptors (Lipinski definition) is 5. The molecule has 1 fully saturated rings. The maximum Gasteiger partial charge on any atom is 0.338 e. The summed E-state index contributed by atoms with van der Waals surface area (Å²) in [4.78, 5) is 12.8. The van der Waals surface area contributed by atoms with Gasteiger partial charge in [-0.15, -0.1) is 0 Å². The molecule has 5 heteroatoms. The van der Waals surface area contributed by atoms with E-state index in [0.29, 0.717) is 18.8 Å². The van der Waals surface area contributed by atoms with Gasteiger partial charge in [0.15, 0.2) is 0 Å². The molecule has 178 valence electrons. The number of aliphatic hydroxyl groups is 1. The van der Waals surface area contributed by atoms with Crippen molar-refractivity contribution in [1.82, 2.24) is 0 Å². The fourth-order valence-electron chi connectivity index (χ4n) is 4.51. The molecular weight excluding hydrogens is 428 g/mol. The second-order valence-corrected chi connectivity index (χ2v) is 8.97. The van der Waals surface area contributed by atoms with Crippen LogP contribution in [0, 0.1) is 11.8 Å². The van der Waals surface area contributed by atoms with E-state index in [1.165, 1.54) is 0 Å². The number of ether oxygens (including phenoxy) is 3. The number of hydrogen-bond donors (Lipinski definition) is 1. The Morgan fingerprint density at radius 1 is 0.676 bits per heavy atom. The van der Waals surface area contributed by atoms with Crippen LogP contribution in [0.15, 0.2) is 91.0 Å². The molecule has 6 atom stereocenters. The standard InChI is InChI=1S/C29H32O5/c1-20-21(2)27(32-18-22-12-6-3-7-13-22)28(33-19-23-14-8-4-9-15-23)25(30)26(20)34-29(31)24-16-10-5-11-17-24/h3-17,20-21,25-28,30H,18-19H2,1-2H3/t20-,21-,25-,26+,27+,28+/m1/s1. The van der Waals surface area contributed by atoms with Crippen molar-refractivity contribution >= 4 is 5.97 Å². The SMILES string of the molecule is C[C@@H]1[C@@H](C)[C@H](OCc2ccccc2)[C@@H](OCc2ccccc2)[C@H](O)[C@H]1OC(=O)c1ccccc1. The van der Waals surface area contributed by atoms with E-state index in [-0.39, 0.29) is 17.9 Å². The lowest BCUT2D eigenvalue weighted by Crippen LogP contribution is -2.59. The number of benzene rings is 3. The summed E-state index contributed by atoms with van der Waals surface area (Å²) in [7, 11) is 0. The molecule has 0 bridgehead atoms. The Labute approximate surface area is 201 Å². The second kappa shape index (κ2) is 11.4. The summed E-state index contributed by atoms with van der Waals surface area (Å²) in [6.07, 6.45) is -2.74. The molecule has 3 aromatic carbocycles. The van der Waals surface area contributed by atoms with Gasteiger partial charge in [-0.3, -0.25) is 0 Å². The van der Waals surface area contributed by atoms with E-state index < -0.39 is 24.3 Å². The average Bonchev–Trinajstić information content (AvgIpc) is 2.89. The van der Waals surface area contributed by atoms with Gasteiger partial charge in [0, 0.05) is 5.92 Å². The second-order valence-electron chi connectivity index (χ2n) is 8.97. The van der Waals surface area contributed by atoms with Crippen molar-refractivity contribution in [2.75, 3.05) is 0 Å². The Morgan fingerprint density at radius 2 is 1.12 bits per heavy atom. The average molecular weight is 461 g/mol. The lowest BCUT2D eigenvalue weighted by atomic mass is 9.74. The van der Waals surface area contributed by atoms with Crippen molar-refractivity contribution in [3.63, 3.8) is 0 Å². The first-order valence-corrected chi connectivity index (χ1v) is 11.8. The topological polar surface area (TPSA) is 65.0 Å². The van der Waals surface area contributed by atoms with Crippen LogP contribution in [0.25, 0.3) is 0 Å². The van der Waals surface area contributed by atoms with Crippen molar-refractivity contribution < 1.29 is 24.1 Å². The Kier molecular flexibility index (Phi) is 8.12. The molecule has 0 unspecified atom stereocenters. The van der Waals surface area contributed by atoms with Crippen LogP contribution in [0.1, 0.15) is 35.3 Å². The maximum absolute atomic E-state index is 12.8. The van der Waals surface area contributed by atoms with E-state index in [9.17, 15) is 9.90 Å². The molecule has 0 amide bonds. The summed E-state index contributed by atoms with van der Waals surface area (Å²) in [5.41, 5.74) is 2.51. The van der Waals surface area contributed by atoms with Crippen molar-refractivity contribution in [3.05, 3.63) is 108 Å². The lowest BCUT2D eigenvalue weighted by molar-refractivity contribution is -0.216. The van der Waals surface area contributed by atoms with Crippen molar-refractivity contribution in [3.8, 4) is 0 Å².